The molecule has 0 saturated carbocycles. The Kier molecular flexibility index (Phi) is 4.43. The van der Waals surface area contributed by atoms with Crippen molar-refractivity contribution >= 4 is 0 Å². The Labute approximate surface area is 124 Å². The van der Waals surface area contributed by atoms with E-state index in [9.17, 15) is 4.79 Å². The molecule has 5 nitrogen and oxygen atoms in total. The van der Waals surface area contributed by atoms with Gasteiger partial charge in [-0.25, -0.2) is 4.98 Å². The van der Waals surface area contributed by atoms with Crippen molar-refractivity contribution in [2.45, 2.75) is 32.7 Å². The van der Waals surface area contributed by atoms with Gasteiger partial charge in [0.2, 0.25) is 0 Å². The van der Waals surface area contributed by atoms with Crippen molar-refractivity contribution in [3.8, 4) is 11.6 Å². The van der Waals surface area contributed by atoms with E-state index in [0.29, 0.717) is 12.3 Å². The van der Waals surface area contributed by atoms with E-state index >= 15 is 0 Å². The quantitative estimate of drug-likeness (QED) is 0.936. The minimum atomic E-state index is -0.316. The molecule has 0 aliphatic carbocycles. The molecule has 0 amide bonds. The van der Waals surface area contributed by atoms with Crippen molar-refractivity contribution in [1.82, 2.24) is 9.55 Å². The molecule has 0 spiro atoms. The lowest BCUT2D eigenvalue weighted by atomic mass is 10.1. The molecule has 2 N–H and O–H groups in total. The van der Waals surface area contributed by atoms with Crippen LogP contribution in [0.2, 0.25) is 0 Å². The lowest BCUT2D eigenvalue weighted by molar-refractivity contribution is 0.363. The van der Waals surface area contributed by atoms with E-state index in [-0.39, 0.29) is 17.0 Å². The second-order valence-electron chi connectivity index (χ2n) is 5.86. The zero-order valence-electron chi connectivity index (χ0n) is 12.7. The van der Waals surface area contributed by atoms with Crippen LogP contribution in [0.1, 0.15) is 26.3 Å². The van der Waals surface area contributed by atoms with Crippen LogP contribution in [0.25, 0.3) is 0 Å². The van der Waals surface area contributed by atoms with Gasteiger partial charge in [-0.2, -0.15) is 0 Å². The minimum absolute atomic E-state index is 0.0824. The van der Waals surface area contributed by atoms with Crippen molar-refractivity contribution in [2.75, 3.05) is 6.54 Å². The molecule has 1 aromatic carbocycles. The molecule has 0 radical (unpaired) electrons. The van der Waals surface area contributed by atoms with Gasteiger partial charge in [0.05, 0.1) is 0 Å². The highest BCUT2D eigenvalue weighted by molar-refractivity contribution is 5.30. The van der Waals surface area contributed by atoms with Gasteiger partial charge in [-0.3, -0.25) is 4.79 Å². The highest BCUT2D eigenvalue weighted by Gasteiger charge is 2.17. The van der Waals surface area contributed by atoms with Crippen molar-refractivity contribution < 1.29 is 4.74 Å². The summed E-state index contributed by atoms with van der Waals surface area (Å²) in [7, 11) is 0. The zero-order valence-corrected chi connectivity index (χ0v) is 12.7. The Morgan fingerprint density at radius 1 is 1.24 bits per heavy atom. The molecule has 21 heavy (non-hydrogen) atoms. The summed E-state index contributed by atoms with van der Waals surface area (Å²) in [5.41, 5.74) is 6.09. The van der Waals surface area contributed by atoms with E-state index in [1.54, 1.807) is 17.0 Å². The highest BCUT2D eigenvalue weighted by atomic mass is 16.5. The average molecular weight is 287 g/mol. The Morgan fingerprint density at radius 2 is 1.90 bits per heavy atom. The fourth-order valence-corrected chi connectivity index (χ4v) is 1.99. The third-order valence-electron chi connectivity index (χ3n) is 3.10. The van der Waals surface area contributed by atoms with Gasteiger partial charge in [-0.05, 0) is 51.4 Å². The molecule has 0 fully saturated rings. The second-order valence-corrected chi connectivity index (χ2v) is 5.86. The van der Waals surface area contributed by atoms with Crippen molar-refractivity contribution in [2.24, 2.45) is 5.73 Å². The van der Waals surface area contributed by atoms with Gasteiger partial charge < -0.3 is 15.0 Å². The molecule has 0 bridgehead atoms. The molecular formula is C16H21N3O2. The monoisotopic (exact) mass is 287 g/mol. The van der Waals surface area contributed by atoms with E-state index < -0.39 is 0 Å². The van der Waals surface area contributed by atoms with Gasteiger partial charge in [0.15, 0.2) is 0 Å². The Morgan fingerprint density at radius 3 is 2.48 bits per heavy atom. The summed E-state index contributed by atoms with van der Waals surface area (Å²) in [5.74, 6) is 0.672. The number of ether oxygens (including phenoxy) is 1. The van der Waals surface area contributed by atoms with Gasteiger partial charge in [-0.15, -0.1) is 0 Å². The smallest absolute Gasteiger partial charge is 0.314 e. The molecular weight excluding hydrogens is 266 g/mol. The molecule has 0 aliphatic rings. The summed E-state index contributed by atoms with van der Waals surface area (Å²) in [4.78, 5) is 16.4. The Bertz CT molecular complexity index is 654. The predicted molar refractivity (Wildman–Crippen MR) is 82.8 cm³/mol. The minimum Gasteiger partial charge on any atom is -0.435 e. The normalized spacial score (nSPS) is 11.4. The summed E-state index contributed by atoms with van der Waals surface area (Å²) in [6.45, 7) is 6.48. The van der Waals surface area contributed by atoms with Crippen molar-refractivity contribution in [3.05, 3.63) is 52.6 Å². The van der Waals surface area contributed by atoms with Crippen LogP contribution >= 0.6 is 0 Å². The van der Waals surface area contributed by atoms with Crippen LogP contribution in [-0.4, -0.2) is 16.1 Å². The topological polar surface area (TPSA) is 70.1 Å². The van der Waals surface area contributed by atoms with Gasteiger partial charge in [-0.1, -0.05) is 12.1 Å². The molecule has 5 heteroatoms. The standard InChI is InChI=1S/C16H21N3O2/c1-16(2,3)19-11-10-18-14(15(19)20)21-13-6-4-12(5-7-13)8-9-17/h4-7,10-11H,8-9,17H2,1-3H3. The maximum atomic E-state index is 12.3. The molecule has 0 unspecified atom stereocenters. The van der Waals surface area contributed by atoms with Crippen LogP contribution in [0.4, 0.5) is 0 Å². The molecule has 2 aromatic rings. The number of hydrogen-bond acceptors (Lipinski definition) is 4. The van der Waals surface area contributed by atoms with E-state index in [0.717, 1.165) is 12.0 Å². The van der Waals surface area contributed by atoms with Crippen LogP contribution in [-0.2, 0) is 12.0 Å². The van der Waals surface area contributed by atoms with Gasteiger partial charge in [0.25, 0.3) is 5.88 Å². The van der Waals surface area contributed by atoms with E-state index in [2.05, 4.69) is 4.98 Å². The zero-order chi connectivity index (χ0) is 15.5. The fraction of sp³-hybridized carbons (Fsp3) is 0.375. The van der Waals surface area contributed by atoms with Crippen LogP contribution in [0.15, 0.2) is 41.5 Å². The maximum absolute atomic E-state index is 12.3. The SMILES string of the molecule is CC(C)(C)n1ccnc(Oc2ccc(CCN)cc2)c1=O. The first-order chi connectivity index (χ1) is 9.91. The van der Waals surface area contributed by atoms with Crippen molar-refractivity contribution in [3.63, 3.8) is 0 Å². The third kappa shape index (κ3) is 3.70. The molecule has 0 atom stereocenters. The average Bonchev–Trinajstić information content (AvgIpc) is 2.42. The first kappa shape index (κ1) is 15.3. The number of aromatic nitrogens is 2. The number of nitrogens with zero attached hydrogens (tertiary/aromatic N) is 2. The molecule has 2 rings (SSSR count). The van der Waals surface area contributed by atoms with Gasteiger partial charge in [0, 0.05) is 17.9 Å². The molecule has 112 valence electrons. The summed E-state index contributed by atoms with van der Waals surface area (Å²) in [6, 6.07) is 7.52. The Balaban J connectivity index is 2.26. The van der Waals surface area contributed by atoms with Crippen molar-refractivity contribution in [1.29, 1.82) is 0 Å². The summed E-state index contributed by atoms with van der Waals surface area (Å²) < 4.78 is 7.21. The summed E-state index contributed by atoms with van der Waals surface area (Å²) in [6.07, 6.45) is 4.06. The fourth-order valence-electron chi connectivity index (χ4n) is 1.99. The van der Waals surface area contributed by atoms with Gasteiger partial charge in [0.1, 0.15) is 5.75 Å². The largest absolute Gasteiger partial charge is 0.435 e. The summed E-state index contributed by atoms with van der Waals surface area (Å²) in [5, 5.41) is 0. The molecule has 0 aliphatic heterocycles. The van der Waals surface area contributed by atoms with Crippen LogP contribution < -0.4 is 16.0 Å². The van der Waals surface area contributed by atoms with Crippen LogP contribution in [0, 0.1) is 0 Å². The van der Waals surface area contributed by atoms with Crippen LogP contribution in [0.3, 0.4) is 0 Å². The third-order valence-corrected chi connectivity index (χ3v) is 3.10. The predicted octanol–water partition coefficient (Wildman–Crippen LogP) is 2.29. The van der Waals surface area contributed by atoms with Crippen LogP contribution in [0.5, 0.6) is 11.6 Å². The number of hydrogen-bond donors (Lipinski definition) is 1. The Hall–Kier alpha value is -2.14. The molecule has 1 aromatic heterocycles. The number of benzene rings is 1. The lowest BCUT2D eigenvalue weighted by Crippen LogP contribution is -2.34. The first-order valence-corrected chi connectivity index (χ1v) is 6.97. The van der Waals surface area contributed by atoms with E-state index in [1.807, 2.05) is 45.0 Å². The number of rotatable bonds is 4. The summed E-state index contributed by atoms with van der Waals surface area (Å²) >= 11 is 0. The lowest BCUT2D eigenvalue weighted by Gasteiger charge is -2.22. The van der Waals surface area contributed by atoms with E-state index in [4.69, 9.17) is 10.5 Å². The number of nitrogens with two attached hydrogens (primary N) is 1. The van der Waals surface area contributed by atoms with Gasteiger partial charge >= 0.3 is 5.56 Å². The molecule has 0 saturated heterocycles. The molecule has 1 heterocycles. The first-order valence-electron chi connectivity index (χ1n) is 6.97. The van der Waals surface area contributed by atoms with E-state index in [1.165, 1.54) is 0 Å². The second kappa shape index (κ2) is 6.10. The maximum Gasteiger partial charge on any atom is 0.314 e. The highest BCUT2D eigenvalue weighted by Crippen LogP contribution is 2.18.